The van der Waals surface area contributed by atoms with Crippen molar-refractivity contribution in [1.82, 2.24) is 5.32 Å². The van der Waals surface area contributed by atoms with E-state index in [4.69, 9.17) is 5.11 Å². The standard InChI is InChI=1S/C13H12BrNO2S2/c14-11-8-10(6-7-15-13(16)17)19-12(11)18-9-4-2-1-3-5-9/h1-5,8,15H,6-7H2,(H,16,17). The van der Waals surface area contributed by atoms with Crippen LogP contribution in [0.5, 0.6) is 0 Å². The van der Waals surface area contributed by atoms with Gasteiger partial charge in [0.15, 0.2) is 0 Å². The third kappa shape index (κ3) is 4.56. The van der Waals surface area contributed by atoms with Crippen LogP contribution in [0.3, 0.4) is 0 Å². The van der Waals surface area contributed by atoms with Gasteiger partial charge in [-0.1, -0.05) is 30.0 Å². The van der Waals surface area contributed by atoms with E-state index in [0.717, 1.165) is 4.47 Å². The molecular weight excluding hydrogens is 346 g/mol. The molecular formula is C13H12BrNO2S2. The number of amides is 1. The number of hydrogen-bond acceptors (Lipinski definition) is 3. The minimum Gasteiger partial charge on any atom is -0.465 e. The lowest BCUT2D eigenvalue weighted by molar-refractivity contribution is 0.194. The summed E-state index contributed by atoms with van der Waals surface area (Å²) in [5.41, 5.74) is 0. The number of benzene rings is 1. The molecule has 100 valence electrons. The van der Waals surface area contributed by atoms with Gasteiger partial charge in [0, 0.05) is 20.8 Å². The van der Waals surface area contributed by atoms with Gasteiger partial charge in [0.2, 0.25) is 0 Å². The van der Waals surface area contributed by atoms with E-state index < -0.39 is 6.09 Å². The lowest BCUT2D eigenvalue weighted by atomic mass is 10.3. The van der Waals surface area contributed by atoms with Crippen molar-refractivity contribution in [2.75, 3.05) is 6.54 Å². The molecule has 0 aliphatic carbocycles. The molecule has 1 aromatic carbocycles. The second-order valence-corrected chi connectivity index (χ2v) is 7.08. The molecule has 3 nitrogen and oxygen atoms in total. The fraction of sp³-hybridized carbons (Fsp3) is 0.154. The predicted octanol–water partition coefficient (Wildman–Crippen LogP) is 4.47. The summed E-state index contributed by atoms with van der Waals surface area (Å²) in [5, 5.41) is 10.9. The SMILES string of the molecule is O=C(O)NCCc1cc(Br)c(Sc2ccccc2)s1. The zero-order chi connectivity index (χ0) is 13.7. The van der Waals surface area contributed by atoms with Crippen LogP contribution in [-0.2, 0) is 6.42 Å². The Morgan fingerprint density at radius 2 is 2.11 bits per heavy atom. The molecule has 1 heterocycles. The van der Waals surface area contributed by atoms with E-state index in [0.29, 0.717) is 13.0 Å². The van der Waals surface area contributed by atoms with Gasteiger partial charge in [0.05, 0.1) is 4.21 Å². The topological polar surface area (TPSA) is 49.3 Å². The van der Waals surface area contributed by atoms with E-state index in [1.165, 1.54) is 14.0 Å². The molecule has 0 saturated carbocycles. The average Bonchev–Trinajstić information content (AvgIpc) is 2.71. The van der Waals surface area contributed by atoms with Crippen LogP contribution in [-0.4, -0.2) is 17.7 Å². The van der Waals surface area contributed by atoms with Crippen molar-refractivity contribution in [2.45, 2.75) is 15.5 Å². The second-order valence-electron chi connectivity index (χ2n) is 3.75. The van der Waals surface area contributed by atoms with Crippen molar-refractivity contribution in [2.24, 2.45) is 0 Å². The Morgan fingerprint density at radius 3 is 2.79 bits per heavy atom. The average molecular weight is 358 g/mol. The summed E-state index contributed by atoms with van der Waals surface area (Å²) in [6.07, 6.45) is -0.264. The maximum absolute atomic E-state index is 10.4. The Morgan fingerprint density at radius 1 is 1.37 bits per heavy atom. The highest BCUT2D eigenvalue weighted by Crippen LogP contribution is 2.39. The third-order valence-corrected chi connectivity index (χ3v) is 5.86. The molecule has 0 fully saturated rings. The minimum absolute atomic E-state index is 0.442. The normalized spacial score (nSPS) is 10.4. The second kappa shape index (κ2) is 6.98. The summed E-state index contributed by atoms with van der Waals surface area (Å²) in [7, 11) is 0. The Kier molecular flexibility index (Phi) is 5.30. The molecule has 0 unspecified atom stereocenters. The molecule has 0 atom stereocenters. The predicted molar refractivity (Wildman–Crippen MR) is 82.3 cm³/mol. The largest absolute Gasteiger partial charge is 0.465 e. The molecule has 6 heteroatoms. The Bertz CT molecular complexity index is 557. The van der Waals surface area contributed by atoms with E-state index in [1.807, 2.05) is 18.2 Å². The molecule has 1 aromatic heterocycles. The molecule has 0 radical (unpaired) electrons. The zero-order valence-electron chi connectivity index (χ0n) is 9.93. The molecule has 0 saturated heterocycles. The number of carboxylic acid groups (broad SMARTS) is 1. The quantitative estimate of drug-likeness (QED) is 0.829. The summed E-state index contributed by atoms with van der Waals surface area (Å²) in [5.74, 6) is 0. The summed E-state index contributed by atoms with van der Waals surface area (Å²) in [6.45, 7) is 0.442. The van der Waals surface area contributed by atoms with Gasteiger partial charge in [-0.05, 0) is 40.5 Å². The maximum atomic E-state index is 10.4. The number of hydrogen-bond donors (Lipinski definition) is 2. The molecule has 2 N–H and O–H groups in total. The van der Waals surface area contributed by atoms with Crippen LogP contribution >= 0.6 is 39.0 Å². The van der Waals surface area contributed by atoms with Gasteiger partial charge in [0.25, 0.3) is 0 Å². The molecule has 0 aliphatic heterocycles. The van der Waals surface area contributed by atoms with Crippen molar-refractivity contribution >= 4 is 45.1 Å². The van der Waals surface area contributed by atoms with E-state index in [2.05, 4.69) is 39.4 Å². The highest BCUT2D eigenvalue weighted by Gasteiger charge is 2.08. The lowest BCUT2D eigenvalue weighted by Crippen LogP contribution is -2.22. The van der Waals surface area contributed by atoms with Gasteiger partial charge in [-0.25, -0.2) is 4.79 Å². The summed E-state index contributed by atoms with van der Waals surface area (Å²) < 4.78 is 2.26. The number of thiophene rings is 1. The molecule has 2 rings (SSSR count). The summed E-state index contributed by atoms with van der Waals surface area (Å²) in [6, 6.07) is 12.2. The van der Waals surface area contributed by atoms with E-state index in [9.17, 15) is 4.79 Å². The van der Waals surface area contributed by atoms with Crippen molar-refractivity contribution in [3.05, 3.63) is 45.7 Å². The van der Waals surface area contributed by atoms with Crippen LogP contribution in [0, 0.1) is 0 Å². The van der Waals surface area contributed by atoms with E-state index in [1.54, 1.807) is 23.1 Å². The van der Waals surface area contributed by atoms with Gasteiger partial charge in [-0.2, -0.15) is 0 Å². The third-order valence-electron chi connectivity index (χ3n) is 2.31. The Hall–Kier alpha value is -0.980. The monoisotopic (exact) mass is 357 g/mol. The summed E-state index contributed by atoms with van der Waals surface area (Å²) in [4.78, 5) is 12.7. The van der Waals surface area contributed by atoms with Crippen LogP contribution in [0.25, 0.3) is 0 Å². The van der Waals surface area contributed by atoms with E-state index in [-0.39, 0.29) is 0 Å². The molecule has 19 heavy (non-hydrogen) atoms. The zero-order valence-corrected chi connectivity index (χ0v) is 13.1. The number of nitrogens with one attached hydrogen (secondary N) is 1. The number of halogens is 1. The summed E-state index contributed by atoms with van der Waals surface area (Å²) >= 11 is 6.95. The minimum atomic E-state index is -0.977. The molecule has 1 amide bonds. The first-order chi connectivity index (χ1) is 9.15. The van der Waals surface area contributed by atoms with E-state index >= 15 is 0 Å². The lowest BCUT2D eigenvalue weighted by Gasteiger charge is -1.99. The maximum Gasteiger partial charge on any atom is 0.404 e. The van der Waals surface area contributed by atoms with Crippen LogP contribution in [0.2, 0.25) is 0 Å². The van der Waals surface area contributed by atoms with Gasteiger partial charge < -0.3 is 10.4 Å². The van der Waals surface area contributed by atoms with Gasteiger partial charge in [0.1, 0.15) is 0 Å². The van der Waals surface area contributed by atoms with Crippen molar-refractivity contribution < 1.29 is 9.90 Å². The fourth-order valence-corrected chi connectivity index (χ4v) is 4.61. The van der Waals surface area contributed by atoms with Gasteiger partial charge in [-0.15, -0.1) is 11.3 Å². The Labute approximate surface area is 128 Å². The van der Waals surface area contributed by atoms with Crippen LogP contribution in [0.15, 0.2) is 50.0 Å². The van der Waals surface area contributed by atoms with Crippen molar-refractivity contribution in [3.63, 3.8) is 0 Å². The highest BCUT2D eigenvalue weighted by molar-refractivity contribution is 9.10. The number of rotatable bonds is 5. The highest BCUT2D eigenvalue weighted by atomic mass is 79.9. The van der Waals surface area contributed by atoms with Crippen LogP contribution in [0.4, 0.5) is 4.79 Å². The molecule has 0 spiro atoms. The van der Waals surface area contributed by atoms with Gasteiger partial charge in [-0.3, -0.25) is 0 Å². The van der Waals surface area contributed by atoms with Crippen molar-refractivity contribution in [3.8, 4) is 0 Å². The van der Waals surface area contributed by atoms with Gasteiger partial charge >= 0.3 is 6.09 Å². The smallest absolute Gasteiger partial charge is 0.404 e. The number of carbonyl (C=O) groups is 1. The molecule has 0 bridgehead atoms. The Balaban J connectivity index is 1.98. The van der Waals surface area contributed by atoms with Crippen LogP contribution in [0.1, 0.15) is 4.88 Å². The van der Waals surface area contributed by atoms with Crippen LogP contribution < -0.4 is 5.32 Å². The first kappa shape index (κ1) is 14.4. The fourth-order valence-electron chi connectivity index (χ4n) is 1.48. The first-order valence-corrected chi connectivity index (χ1v) is 8.05. The molecule has 0 aliphatic rings. The first-order valence-electron chi connectivity index (χ1n) is 5.63. The van der Waals surface area contributed by atoms with Crippen molar-refractivity contribution in [1.29, 1.82) is 0 Å². The molecule has 2 aromatic rings.